The molecule has 3 aromatic rings. The maximum absolute atomic E-state index is 13.4. The van der Waals surface area contributed by atoms with Crippen molar-refractivity contribution in [3.8, 4) is 11.5 Å². The minimum atomic E-state index is -1.19. The minimum Gasteiger partial charge on any atom is -0.478 e. The highest BCUT2D eigenvalue weighted by Crippen LogP contribution is 2.44. The van der Waals surface area contributed by atoms with Crippen molar-refractivity contribution in [1.82, 2.24) is 5.32 Å². The maximum Gasteiger partial charge on any atom is 0.337 e. The first-order valence-corrected chi connectivity index (χ1v) is 9.51. The Balaban J connectivity index is 1.60. The number of fused-ring (bicyclic) bond motifs is 2. The molecule has 1 aliphatic rings. The molecule has 6 nitrogen and oxygen atoms in total. The number of amides is 1. The van der Waals surface area contributed by atoms with Crippen LogP contribution in [0.25, 0.3) is 0 Å². The van der Waals surface area contributed by atoms with E-state index >= 15 is 0 Å². The largest absolute Gasteiger partial charge is 0.478 e. The van der Waals surface area contributed by atoms with Gasteiger partial charge in [-0.05, 0) is 60.4 Å². The van der Waals surface area contributed by atoms with E-state index < -0.39 is 23.5 Å². The van der Waals surface area contributed by atoms with E-state index in [0.717, 1.165) is 11.6 Å². The molecule has 1 aliphatic heterocycles. The van der Waals surface area contributed by atoms with Crippen LogP contribution in [0.2, 0.25) is 0 Å². The van der Waals surface area contributed by atoms with Crippen molar-refractivity contribution in [3.63, 3.8) is 0 Å². The van der Waals surface area contributed by atoms with Gasteiger partial charge >= 0.3 is 5.97 Å². The number of aromatic carboxylic acids is 1. The van der Waals surface area contributed by atoms with E-state index in [9.17, 15) is 23.5 Å². The molecule has 3 aromatic carbocycles. The topological polar surface area (TPSA) is 87.7 Å². The van der Waals surface area contributed by atoms with Crippen molar-refractivity contribution >= 4 is 23.3 Å². The Morgan fingerprint density at radius 1 is 0.968 bits per heavy atom. The van der Waals surface area contributed by atoms with Gasteiger partial charge in [-0.1, -0.05) is 12.1 Å². The van der Waals surface area contributed by atoms with Crippen LogP contribution in [0.1, 0.15) is 31.8 Å². The molecule has 4 rings (SSSR count). The highest BCUT2D eigenvalue weighted by molar-refractivity contribution is 6.03. The van der Waals surface area contributed by atoms with Gasteiger partial charge in [0.05, 0.1) is 16.9 Å². The quantitative estimate of drug-likeness (QED) is 0.434. The van der Waals surface area contributed by atoms with Crippen LogP contribution in [-0.4, -0.2) is 24.0 Å². The van der Waals surface area contributed by atoms with Crippen LogP contribution in [0, 0.1) is 11.6 Å². The van der Waals surface area contributed by atoms with E-state index in [-0.39, 0.29) is 22.6 Å². The summed E-state index contributed by atoms with van der Waals surface area (Å²) in [6.07, 6.45) is 1.07. The molecule has 0 bridgehead atoms. The number of hydrogen-bond donors (Lipinski definition) is 3. The number of carboxylic acids is 1. The average Bonchev–Trinajstić information content (AvgIpc) is 2.76. The first-order valence-electron chi connectivity index (χ1n) is 9.51. The Labute approximate surface area is 176 Å². The first kappa shape index (κ1) is 20.3. The number of nitrogens with one attached hydrogen (secondary N) is 2. The lowest BCUT2D eigenvalue weighted by molar-refractivity contribution is 0.0697. The number of anilines is 2. The van der Waals surface area contributed by atoms with Gasteiger partial charge in [0.1, 0.15) is 0 Å². The molecule has 0 aliphatic carbocycles. The fourth-order valence-electron chi connectivity index (χ4n) is 3.42. The van der Waals surface area contributed by atoms with E-state index in [1.807, 2.05) is 6.07 Å². The summed E-state index contributed by atoms with van der Waals surface area (Å²) in [5.74, 6) is -2.69. The van der Waals surface area contributed by atoms with Gasteiger partial charge in [0.25, 0.3) is 5.91 Å². The third-order valence-electron chi connectivity index (χ3n) is 5.03. The fourth-order valence-corrected chi connectivity index (χ4v) is 3.42. The van der Waals surface area contributed by atoms with Gasteiger partial charge in [-0.25, -0.2) is 13.6 Å². The van der Waals surface area contributed by atoms with Crippen LogP contribution >= 0.6 is 0 Å². The molecule has 8 heteroatoms. The van der Waals surface area contributed by atoms with E-state index in [2.05, 4.69) is 10.6 Å². The number of rotatable bonds is 5. The Hall–Kier alpha value is -3.94. The number of carbonyl (C=O) groups excluding carboxylic acids is 1. The summed E-state index contributed by atoms with van der Waals surface area (Å²) in [5, 5.41) is 15.1. The smallest absolute Gasteiger partial charge is 0.337 e. The van der Waals surface area contributed by atoms with Gasteiger partial charge in [0.15, 0.2) is 23.1 Å². The molecule has 0 atom stereocenters. The molecular weight excluding hydrogens is 406 g/mol. The summed E-state index contributed by atoms with van der Waals surface area (Å²) in [6, 6.07) is 12.0. The van der Waals surface area contributed by atoms with Crippen molar-refractivity contribution in [2.24, 2.45) is 0 Å². The monoisotopic (exact) mass is 424 g/mol. The minimum absolute atomic E-state index is 0.0795. The van der Waals surface area contributed by atoms with E-state index in [1.165, 1.54) is 25.2 Å². The van der Waals surface area contributed by atoms with Gasteiger partial charge in [-0.15, -0.1) is 0 Å². The lowest BCUT2D eigenvalue weighted by Crippen LogP contribution is -2.19. The van der Waals surface area contributed by atoms with Gasteiger partial charge in [0, 0.05) is 12.6 Å². The molecule has 0 aromatic heterocycles. The normalized spacial score (nSPS) is 11.6. The van der Waals surface area contributed by atoms with E-state index in [4.69, 9.17) is 4.74 Å². The second-order valence-corrected chi connectivity index (χ2v) is 7.09. The molecule has 1 heterocycles. The van der Waals surface area contributed by atoms with Crippen LogP contribution in [0.5, 0.6) is 11.5 Å². The zero-order valence-corrected chi connectivity index (χ0v) is 16.5. The number of carboxylic acid groups (broad SMARTS) is 1. The van der Waals surface area contributed by atoms with Crippen molar-refractivity contribution in [2.45, 2.75) is 12.8 Å². The third kappa shape index (κ3) is 4.05. The molecule has 158 valence electrons. The van der Waals surface area contributed by atoms with Crippen molar-refractivity contribution in [2.75, 3.05) is 12.4 Å². The van der Waals surface area contributed by atoms with Gasteiger partial charge in [-0.2, -0.15) is 0 Å². The standard InChI is InChI=1S/C23H18F2N2O4/c1-26-22(28)14-10-15(23(29)30)21-20(11-14)31-19-9-13(5-7-18(19)27-21)3-2-12-4-6-16(24)17(25)8-12/h4-11,27H,2-3H2,1H3,(H,26,28)(H,29,30). The fraction of sp³-hybridized carbons (Fsp3) is 0.130. The molecule has 0 saturated carbocycles. The van der Waals surface area contributed by atoms with Crippen LogP contribution in [0.4, 0.5) is 20.2 Å². The molecule has 0 fully saturated rings. The summed E-state index contributed by atoms with van der Waals surface area (Å²) in [6.45, 7) is 0. The Kier molecular flexibility index (Phi) is 5.29. The van der Waals surface area contributed by atoms with Crippen molar-refractivity contribution < 1.29 is 28.2 Å². The van der Waals surface area contributed by atoms with Gasteiger partial charge in [0.2, 0.25) is 0 Å². The number of hydrogen-bond acceptors (Lipinski definition) is 4. The average molecular weight is 424 g/mol. The van der Waals surface area contributed by atoms with E-state index in [1.54, 1.807) is 18.2 Å². The summed E-state index contributed by atoms with van der Waals surface area (Å²) < 4.78 is 32.4. The third-order valence-corrected chi connectivity index (χ3v) is 5.03. The summed E-state index contributed by atoms with van der Waals surface area (Å²) in [4.78, 5) is 23.7. The number of carbonyl (C=O) groups is 2. The van der Waals surface area contributed by atoms with Crippen LogP contribution in [0.15, 0.2) is 48.5 Å². The zero-order chi connectivity index (χ0) is 22.1. The van der Waals surface area contributed by atoms with Gasteiger partial charge < -0.3 is 20.5 Å². The summed E-state index contributed by atoms with van der Waals surface area (Å²) >= 11 is 0. The number of ether oxygens (including phenoxy) is 1. The second kappa shape index (κ2) is 8.06. The highest BCUT2D eigenvalue weighted by Gasteiger charge is 2.25. The predicted molar refractivity (Wildman–Crippen MR) is 110 cm³/mol. The van der Waals surface area contributed by atoms with E-state index in [0.29, 0.717) is 29.8 Å². The maximum atomic E-state index is 13.4. The molecule has 0 saturated heterocycles. The molecule has 31 heavy (non-hydrogen) atoms. The van der Waals surface area contributed by atoms with Crippen LogP contribution < -0.4 is 15.4 Å². The van der Waals surface area contributed by atoms with Crippen LogP contribution in [0.3, 0.4) is 0 Å². The SMILES string of the molecule is CNC(=O)c1cc2c(c(C(=O)O)c1)Nc1ccc(CCc3ccc(F)c(F)c3)cc1O2. The lowest BCUT2D eigenvalue weighted by atomic mass is 10.0. The second-order valence-electron chi connectivity index (χ2n) is 7.09. The number of halogens is 2. The molecule has 0 radical (unpaired) electrons. The summed E-state index contributed by atoms with van der Waals surface area (Å²) in [5.41, 5.74) is 2.50. The summed E-state index contributed by atoms with van der Waals surface area (Å²) in [7, 11) is 1.45. The Morgan fingerprint density at radius 3 is 2.35 bits per heavy atom. The first-order chi connectivity index (χ1) is 14.9. The van der Waals surface area contributed by atoms with Crippen molar-refractivity contribution in [3.05, 3.63) is 82.4 Å². The van der Waals surface area contributed by atoms with Gasteiger partial charge in [-0.3, -0.25) is 4.79 Å². The molecule has 0 unspecified atom stereocenters. The zero-order valence-electron chi connectivity index (χ0n) is 16.5. The number of aryl methyl sites for hydroxylation is 2. The molecule has 3 N–H and O–H groups in total. The lowest BCUT2D eigenvalue weighted by Gasteiger charge is -2.24. The van der Waals surface area contributed by atoms with Crippen LogP contribution in [-0.2, 0) is 12.8 Å². The molecule has 1 amide bonds. The Morgan fingerprint density at radius 2 is 1.68 bits per heavy atom. The number of benzene rings is 3. The molecular formula is C23H18F2N2O4. The Bertz CT molecular complexity index is 1210. The molecule has 0 spiro atoms. The highest BCUT2D eigenvalue weighted by atomic mass is 19.2. The van der Waals surface area contributed by atoms with Crippen molar-refractivity contribution in [1.29, 1.82) is 0 Å². The predicted octanol–water partition coefficient (Wildman–Crippen LogP) is 4.66.